The molecule has 30 valence electrons. The predicted octanol–water partition coefficient (Wildman–Crippen LogP) is 0.181. The molecule has 0 aliphatic rings. The summed E-state index contributed by atoms with van der Waals surface area (Å²) < 4.78 is 4.50. The van der Waals surface area contributed by atoms with Gasteiger partial charge in [-0.3, -0.25) is 0 Å². The summed E-state index contributed by atoms with van der Waals surface area (Å²) in [7, 11) is 1.66. The first kappa shape index (κ1) is 9.24. The summed E-state index contributed by atoms with van der Waals surface area (Å²) in [6, 6.07) is 0. The lowest BCUT2D eigenvalue weighted by Gasteiger charge is -1.77. The minimum absolute atomic E-state index is 0. The van der Waals surface area contributed by atoms with Gasteiger partial charge in [-0.1, -0.05) is 0 Å². The first-order valence-electron chi connectivity index (χ1n) is 1.11. The van der Waals surface area contributed by atoms with Crippen molar-refractivity contribution in [3.8, 4) is 0 Å². The van der Waals surface area contributed by atoms with Gasteiger partial charge in [-0.05, 0) is 5.47 Å². The van der Waals surface area contributed by atoms with E-state index in [0.29, 0.717) is 0 Å². The Kier molecular flexibility index (Phi) is 16.3. The van der Waals surface area contributed by atoms with Gasteiger partial charge < -0.3 is 4.74 Å². The van der Waals surface area contributed by atoms with Crippen LogP contribution in [0.15, 0.2) is 0 Å². The third-order valence-electron chi connectivity index (χ3n) is 0.167. The topological polar surface area (TPSA) is 9.23 Å². The van der Waals surface area contributed by atoms with Gasteiger partial charge in [0.25, 0.3) is 0 Å². The van der Waals surface area contributed by atoms with E-state index in [1.807, 2.05) is 0 Å². The van der Waals surface area contributed by atoms with Gasteiger partial charge in [-0.25, -0.2) is 0 Å². The average molecular weight is 109 g/mol. The van der Waals surface area contributed by atoms with E-state index in [4.69, 9.17) is 0 Å². The van der Waals surface area contributed by atoms with E-state index in [1.54, 1.807) is 7.11 Å². The molecule has 0 saturated carbocycles. The maximum atomic E-state index is 4.50. The summed E-state index contributed by atoms with van der Waals surface area (Å²) in [4.78, 5) is 0. The Morgan fingerprint density at radius 2 is 2.00 bits per heavy atom. The molecule has 0 aromatic heterocycles. The molecule has 3 heteroatoms. The summed E-state index contributed by atoms with van der Waals surface area (Å²) >= 11 is 2.43. The molecular formula is C2H6AlClO. The quantitative estimate of drug-likeness (QED) is 0.436. The van der Waals surface area contributed by atoms with Crippen LogP contribution in [-0.2, 0) is 4.74 Å². The van der Waals surface area contributed by atoms with Crippen LogP contribution >= 0.6 is 12.4 Å². The fraction of sp³-hybridized carbons (Fsp3) is 1.00. The Morgan fingerprint density at radius 1 is 1.80 bits per heavy atom. The fourth-order valence-corrected chi connectivity index (χ4v) is 0. The van der Waals surface area contributed by atoms with E-state index in [1.165, 1.54) is 0 Å². The highest BCUT2D eigenvalue weighted by Gasteiger charge is 1.52. The molecular weight excluding hydrogens is 102 g/mol. The van der Waals surface area contributed by atoms with Crippen molar-refractivity contribution in [1.82, 2.24) is 0 Å². The smallest absolute Gasteiger partial charge is 0.165 e. The van der Waals surface area contributed by atoms with Crippen LogP contribution < -0.4 is 0 Å². The van der Waals surface area contributed by atoms with Gasteiger partial charge in [0.05, 0.1) is 0 Å². The number of rotatable bonds is 1. The van der Waals surface area contributed by atoms with Crippen LogP contribution in [0.3, 0.4) is 0 Å². The van der Waals surface area contributed by atoms with E-state index >= 15 is 0 Å². The standard InChI is InChI=1S/C2H5O.Al.ClH/c1-3-2;;/h1H2,2H3;;1H. The molecule has 0 heterocycles. The van der Waals surface area contributed by atoms with Crippen molar-refractivity contribution in [2.24, 2.45) is 0 Å². The highest BCUT2D eigenvalue weighted by molar-refractivity contribution is 6.08. The number of ether oxygens (including phenoxy) is 1. The minimum Gasteiger partial charge on any atom is -0.402 e. The molecule has 0 aliphatic carbocycles. The lowest BCUT2D eigenvalue weighted by Crippen LogP contribution is -1.80. The van der Waals surface area contributed by atoms with E-state index in [2.05, 4.69) is 21.0 Å². The van der Waals surface area contributed by atoms with E-state index in [-0.39, 0.29) is 12.4 Å². The van der Waals surface area contributed by atoms with Gasteiger partial charge in [0.2, 0.25) is 0 Å². The summed E-state index contributed by atoms with van der Waals surface area (Å²) in [6.45, 7) is 0. The van der Waals surface area contributed by atoms with Crippen molar-refractivity contribution < 1.29 is 4.74 Å². The largest absolute Gasteiger partial charge is 0.402 e. The van der Waals surface area contributed by atoms with Gasteiger partial charge >= 0.3 is 0 Å². The molecule has 0 aliphatic heterocycles. The molecule has 1 nitrogen and oxygen atoms in total. The van der Waals surface area contributed by atoms with Crippen LogP contribution in [0.25, 0.3) is 0 Å². The molecule has 0 unspecified atom stereocenters. The van der Waals surface area contributed by atoms with Crippen molar-refractivity contribution >= 4 is 28.7 Å². The number of hydrogen-bond donors (Lipinski definition) is 0. The zero-order valence-corrected chi connectivity index (χ0v) is 5.07. The molecule has 0 atom stereocenters. The Balaban J connectivity index is 0. The monoisotopic (exact) mass is 108 g/mol. The third kappa shape index (κ3) is 11.7. The van der Waals surface area contributed by atoms with Crippen molar-refractivity contribution in [2.75, 3.05) is 12.6 Å². The zero-order chi connectivity index (χ0) is 3.41. The van der Waals surface area contributed by atoms with E-state index in [9.17, 15) is 0 Å². The van der Waals surface area contributed by atoms with Crippen molar-refractivity contribution in [2.45, 2.75) is 0 Å². The lowest BCUT2D eigenvalue weighted by atomic mass is 11.5. The second-order valence-electron chi connectivity index (χ2n) is 0.455. The summed E-state index contributed by atoms with van der Waals surface area (Å²) in [6.07, 6.45) is 0. The first-order valence-corrected chi connectivity index (χ1v) is 1.92. The zero-order valence-electron chi connectivity index (χ0n) is 3.10. The fourth-order valence-electron chi connectivity index (χ4n) is 0. The molecule has 0 amide bonds. The second kappa shape index (κ2) is 8.84. The lowest BCUT2D eigenvalue weighted by molar-refractivity contribution is 0.254. The van der Waals surface area contributed by atoms with Gasteiger partial charge in [-0.15, -0.1) is 12.4 Å². The molecule has 0 fully saturated rings. The summed E-state index contributed by atoms with van der Waals surface area (Å²) in [5, 5.41) is 0. The molecule has 0 aromatic carbocycles. The Bertz CT molecular complexity index is 11.6. The summed E-state index contributed by atoms with van der Waals surface area (Å²) in [5.74, 6) is 0. The Morgan fingerprint density at radius 3 is 2.00 bits per heavy atom. The van der Waals surface area contributed by atoms with Crippen LogP contribution in [0.1, 0.15) is 0 Å². The van der Waals surface area contributed by atoms with E-state index in [0.717, 1.165) is 5.47 Å². The Hall–Kier alpha value is 0.782. The highest BCUT2D eigenvalue weighted by Crippen LogP contribution is 1.45. The normalized spacial score (nSPS) is 5.80. The SMILES string of the molecule is CO[CH2][Al].Cl. The number of hydrogen-bond acceptors (Lipinski definition) is 1. The molecule has 2 radical (unpaired) electrons. The van der Waals surface area contributed by atoms with Crippen LogP contribution in [0.2, 0.25) is 0 Å². The molecule has 0 aromatic rings. The predicted molar refractivity (Wildman–Crippen MR) is 24.9 cm³/mol. The Labute approximate surface area is 46.5 Å². The maximum absolute atomic E-state index is 4.50. The van der Waals surface area contributed by atoms with Gasteiger partial charge in [0.1, 0.15) is 0 Å². The number of halogens is 1. The van der Waals surface area contributed by atoms with Crippen molar-refractivity contribution in [1.29, 1.82) is 0 Å². The minimum atomic E-state index is 0. The van der Waals surface area contributed by atoms with Gasteiger partial charge in [-0.2, -0.15) is 0 Å². The molecule has 0 spiro atoms. The molecule has 0 saturated heterocycles. The van der Waals surface area contributed by atoms with Crippen molar-refractivity contribution in [3.63, 3.8) is 0 Å². The van der Waals surface area contributed by atoms with Gasteiger partial charge in [0, 0.05) is 7.11 Å². The second-order valence-corrected chi connectivity index (χ2v) is 0.789. The molecule has 0 N–H and O–H groups in total. The highest BCUT2D eigenvalue weighted by atomic mass is 35.5. The summed E-state index contributed by atoms with van der Waals surface area (Å²) in [5.41, 5.74) is 0.736. The average Bonchev–Trinajstić information content (AvgIpc) is 1.37. The maximum Gasteiger partial charge on any atom is 0.165 e. The van der Waals surface area contributed by atoms with Crippen molar-refractivity contribution in [3.05, 3.63) is 0 Å². The van der Waals surface area contributed by atoms with Crippen LogP contribution in [0.5, 0.6) is 0 Å². The van der Waals surface area contributed by atoms with Gasteiger partial charge in [0.15, 0.2) is 16.3 Å². The third-order valence-corrected chi connectivity index (χ3v) is 0.500. The van der Waals surface area contributed by atoms with Crippen LogP contribution in [0.4, 0.5) is 0 Å². The van der Waals surface area contributed by atoms with Crippen LogP contribution in [0, 0.1) is 0 Å². The van der Waals surface area contributed by atoms with E-state index < -0.39 is 0 Å². The number of methoxy groups -OCH3 is 1. The molecule has 0 rings (SSSR count). The first-order chi connectivity index (χ1) is 1.91. The van der Waals surface area contributed by atoms with Crippen LogP contribution in [-0.4, -0.2) is 28.9 Å². The molecule has 0 bridgehead atoms. The molecule has 5 heavy (non-hydrogen) atoms.